The topological polar surface area (TPSA) is 59.4 Å². The first-order valence-electron chi connectivity index (χ1n) is 9.98. The highest BCUT2D eigenvalue weighted by Gasteiger charge is 2.41. The van der Waals surface area contributed by atoms with Crippen LogP contribution in [0.1, 0.15) is 47.2 Å². The molecule has 2 atom stereocenters. The van der Waals surface area contributed by atoms with Gasteiger partial charge in [0.2, 0.25) is 0 Å². The number of pyridine rings is 1. The smallest absolute Gasteiger partial charge is 0.339 e. The van der Waals surface area contributed by atoms with Gasteiger partial charge in [-0.25, -0.2) is 4.79 Å². The first-order chi connectivity index (χ1) is 14.7. The molecule has 0 saturated carbocycles. The van der Waals surface area contributed by atoms with E-state index in [9.17, 15) is 4.79 Å². The summed E-state index contributed by atoms with van der Waals surface area (Å²) >= 11 is 5.68. The lowest BCUT2D eigenvalue weighted by Crippen LogP contribution is -2.31. The zero-order valence-electron chi connectivity index (χ0n) is 17.0. The normalized spacial score (nSPS) is 18.3. The first kappa shape index (κ1) is 20.1. The Hall–Kier alpha value is -3.19. The average Bonchev–Trinajstić information content (AvgIpc) is 3.38. The molecule has 1 aliphatic rings. The predicted octanol–water partition coefficient (Wildman–Crippen LogP) is 4.04. The fourth-order valence-electron chi connectivity index (χ4n) is 4.03. The number of thiocarbonyl (C=S) groups is 1. The highest BCUT2D eigenvalue weighted by Crippen LogP contribution is 2.39. The summed E-state index contributed by atoms with van der Waals surface area (Å²) in [7, 11) is 1.40. The average molecular weight is 421 g/mol. The molecule has 0 radical (unpaired) electrons. The van der Waals surface area contributed by atoms with Crippen molar-refractivity contribution in [1.82, 2.24) is 19.8 Å². The molecule has 0 amide bonds. The van der Waals surface area contributed by atoms with E-state index in [1.165, 1.54) is 7.11 Å². The second-order valence-corrected chi connectivity index (χ2v) is 7.52. The van der Waals surface area contributed by atoms with Crippen molar-refractivity contribution in [1.29, 1.82) is 0 Å². The summed E-state index contributed by atoms with van der Waals surface area (Å²) < 4.78 is 7.05. The van der Waals surface area contributed by atoms with Crippen molar-refractivity contribution in [3.05, 3.63) is 83.9 Å². The summed E-state index contributed by atoms with van der Waals surface area (Å²) in [5.41, 5.74) is 3.25. The van der Waals surface area contributed by atoms with E-state index in [1.54, 1.807) is 12.3 Å². The molecule has 1 aliphatic heterocycles. The van der Waals surface area contributed by atoms with Gasteiger partial charge in [-0.1, -0.05) is 25.1 Å². The van der Waals surface area contributed by atoms with Crippen LogP contribution in [-0.2, 0) is 4.74 Å². The fraction of sp³-hybridized carbons (Fsp3) is 0.261. The molecule has 0 spiro atoms. The van der Waals surface area contributed by atoms with Gasteiger partial charge in [-0.3, -0.25) is 4.98 Å². The lowest BCUT2D eigenvalue weighted by atomic mass is 10.0. The van der Waals surface area contributed by atoms with Crippen LogP contribution in [0, 0.1) is 0 Å². The Morgan fingerprint density at radius 2 is 1.97 bits per heavy atom. The molecule has 3 aromatic rings. The van der Waals surface area contributed by atoms with E-state index in [0.29, 0.717) is 10.7 Å². The van der Waals surface area contributed by atoms with Crippen molar-refractivity contribution in [3.8, 4) is 5.69 Å². The number of benzene rings is 1. The van der Waals surface area contributed by atoms with Gasteiger partial charge in [0, 0.05) is 24.6 Å². The van der Waals surface area contributed by atoms with Crippen molar-refractivity contribution >= 4 is 23.3 Å². The standard InChI is InChI=1S/C23H24N4O2S/c1-3-14-27-21(20(25-23(27)30)17-10-6-7-13-24-17)19-12-8-15-26(19)18-11-5-4-9-16(18)22(28)29-2/h4-13,15,20-21H,3,14H2,1-2H3,(H,25,30)/t20-,21-/m1/s1. The number of nitrogens with one attached hydrogen (secondary N) is 1. The summed E-state index contributed by atoms with van der Waals surface area (Å²) in [5.74, 6) is -0.364. The largest absolute Gasteiger partial charge is 0.465 e. The monoisotopic (exact) mass is 420 g/mol. The van der Waals surface area contributed by atoms with E-state index in [1.807, 2.05) is 53.2 Å². The van der Waals surface area contributed by atoms with E-state index in [4.69, 9.17) is 17.0 Å². The van der Waals surface area contributed by atoms with Crippen LogP contribution in [0.15, 0.2) is 67.0 Å². The molecule has 1 aromatic carbocycles. The number of esters is 1. The minimum absolute atomic E-state index is 0.0620. The molecule has 0 aliphatic carbocycles. The summed E-state index contributed by atoms with van der Waals surface area (Å²) in [6.45, 7) is 2.96. The Labute approximate surface area is 181 Å². The lowest BCUT2D eigenvalue weighted by molar-refractivity contribution is 0.0600. The number of carbonyl (C=O) groups is 1. The van der Waals surface area contributed by atoms with Gasteiger partial charge < -0.3 is 19.5 Å². The van der Waals surface area contributed by atoms with Gasteiger partial charge in [-0.05, 0) is 55.0 Å². The van der Waals surface area contributed by atoms with Crippen LogP contribution in [0.2, 0.25) is 0 Å². The van der Waals surface area contributed by atoms with Crippen LogP contribution in [0.4, 0.5) is 0 Å². The number of methoxy groups -OCH3 is 1. The maximum absolute atomic E-state index is 12.4. The number of nitrogens with zero attached hydrogens (tertiary/aromatic N) is 3. The third-order valence-corrected chi connectivity index (χ3v) is 5.67. The highest BCUT2D eigenvalue weighted by atomic mass is 32.1. The maximum atomic E-state index is 12.4. The molecule has 30 heavy (non-hydrogen) atoms. The van der Waals surface area contributed by atoms with Crippen molar-refractivity contribution in [2.75, 3.05) is 13.7 Å². The Balaban J connectivity index is 1.84. The maximum Gasteiger partial charge on any atom is 0.339 e. The van der Waals surface area contributed by atoms with Gasteiger partial charge in [0.1, 0.15) is 0 Å². The van der Waals surface area contributed by atoms with Crippen molar-refractivity contribution in [3.63, 3.8) is 0 Å². The highest BCUT2D eigenvalue weighted by molar-refractivity contribution is 7.80. The first-order valence-corrected chi connectivity index (χ1v) is 10.4. The Morgan fingerprint density at radius 3 is 2.70 bits per heavy atom. The Bertz CT molecular complexity index is 1050. The van der Waals surface area contributed by atoms with Crippen LogP contribution in [0.5, 0.6) is 0 Å². The molecule has 154 valence electrons. The number of aromatic nitrogens is 2. The molecule has 1 saturated heterocycles. The Morgan fingerprint density at radius 1 is 1.17 bits per heavy atom. The quantitative estimate of drug-likeness (QED) is 0.480. The Kier molecular flexibility index (Phi) is 5.81. The minimum Gasteiger partial charge on any atom is -0.465 e. The zero-order valence-corrected chi connectivity index (χ0v) is 17.8. The number of carbonyl (C=O) groups excluding carboxylic acids is 1. The summed E-state index contributed by atoms with van der Waals surface area (Å²) in [6.07, 6.45) is 4.73. The van der Waals surface area contributed by atoms with E-state index in [2.05, 4.69) is 28.2 Å². The van der Waals surface area contributed by atoms with Gasteiger partial charge in [0.25, 0.3) is 0 Å². The molecule has 7 heteroatoms. The lowest BCUT2D eigenvalue weighted by Gasteiger charge is -2.29. The van der Waals surface area contributed by atoms with E-state index >= 15 is 0 Å². The molecule has 4 rings (SSSR count). The number of para-hydroxylation sites is 1. The SMILES string of the molecule is CCCN1C(=S)N[C@H](c2ccccn2)[C@H]1c1cccn1-c1ccccc1C(=O)OC. The van der Waals surface area contributed by atoms with E-state index in [-0.39, 0.29) is 18.1 Å². The molecule has 1 N–H and O–H groups in total. The van der Waals surface area contributed by atoms with Gasteiger partial charge in [0.15, 0.2) is 5.11 Å². The third-order valence-electron chi connectivity index (χ3n) is 5.31. The number of rotatable bonds is 6. The van der Waals surface area contributed by atoms with Gasteiger partial charge in [-0.2, -0.15) is 0 Å². The molecular formula is C23H24N4O2S. The van der Waals surface area contributed by atoms with Crippen LogP contribution in [0.3, 0.4) is 0 Å². The van der Waals surface area contributed by atoms with Crippen molar-refractivity contribution in [2.24, 2.45) is 0 Å². The van der Waals surface area contributed by atoms with Gasteiger partial charge in [0.05, 0.1) is 36.1 Å². The van der Waals surface area contributed by atoms with Crippen LogP contribution < -0.4 is 5.32 Å². The molecule has 0 unspecified atom stereocenters. The second-order valence-electron chi connectivity index (χ2n) is 7.13. The van der Waals surface area contributed by atoms with Gasteiger partial charge >= 0.3 is 5.97 Å². The summed E-state index contributed by atoms with van der Waals surface area (Å²) in [4.78, 5) is 19.2. The third kappa shape index (κ3) is 3.57. The molecular weight excluding hydrogens is 396 g/mol. The summed E-state index contributed by atoms with van der Waals surface area (Å²) in [5, 5.41) is 4.17. The van der Waals surface area contributed by atoms with Crippen molar-refractivity contribution < 1.29 is 9.53 Å². The molecule has 2 aromatic heterocycles. The molecule has 0 bridgehead atoms. The van der Waals surface area contributed by atoms with E-state index < -0.39 is 0 Å². The fourth-order valence-corrected chi connectivity index (χ4v) is 4.36. The summed E-state index contributed by atoms with van der Waals surface area (Å²) in [6, 6.07) is 17.3. The van der Waals surface area contributed by atoms with Crippen molar-refractivity contribution in [2.45, 2.75) is 25.4 Å². The minimum atomic E-state index is -0.364. The zero-order chi connectivity index (χ0) is 21.1. The predicted molar refractivity (Wildman–Crippen MR) is 120 cm³/mol. The number of hydrogen-bond acceptors (Lipinski definition) is 4. The van der Waals surface area contributed by atoms with E-state index in [0.717, 1.165) is 30.0 Å². The van der Waals surface area contributed by atoms with Gasteiger partial charge in [-0.15, -0.1) is 0 Å². The molecule has 6 nitrogen and oxygen atoms in total. The van der Waals surface area contributed by atoms with Crippen LogP contribution in [0.25, 0.3) is 5.69 Å². The van der Waals surface area contributed by atoms with Crippen LogP contribution in [-0.4, -0.2) is 39.2 Å². The molecule has 1 fully saturated rings. The molecule has 3 heterocycles. The number of ether oxygens (including phenoxy) is 1. The van der Waals surface area contributed by atoms with Crippen LogP contribution >= 0.6 is 12.2 Å². The number of hydrogen-bond donors (Lipinski definition) is 1. The second kappa shape index (κ2) is 8.67.